The van der Waals surface area contributed by atoms with Crippen LogP contribution in [0.25, 0.3) is 11.4 Å². The Morgan fingerprint density at radius 2 is 1.96 bits per heavy atom. The average Bonchev–Trinajstić information content (AvgIpc) is 3.18. The molecule has 1 unspecified atom stereocenters. The topological polar surface area (TPSA) is 90.1 Å². The molecule has 0 fully saturated rings. The van der Waals surface area contributed by atoms with Gasteiger partial charge in [-0.15, -0.1) is 0 Å². The minimum atomic E-state index is -0.372. The highest BCUT2D eigenvalue weighted by Gasteiger charge is 2.25. The number of carbonyl (C=O) groups is 1. The number of ether oxygens (including phenoxy) is 1. The normalized spacial score (nSPS) is 12.0. The summed E-state index contributed by atoms with van der Waals surface area (Å²) in [5.41, 5.74) is 2.72. The second kappa shape index (κ2) is 8.65. The Kier molecular flexibility index (Phi) is 6.03. The number of benzene rings is 1. The summed E-state index contributed by atoms with van der Waals surface area (Å²) in [4.78, 5) is 21.1. The predicted octanol–water partition coefficient (Wildman–Crippen LogP) is 3.50. The van der Waals surface area contributed by atoms with Gasteiger partial charge in [0, 0.05) is 18.0 Å². The molecule has 7 nitrogen and oxygen atoms in total. The molecule has 0 aliphatic heterocycles. The lowest BCUT2D eigenvalue weighted by Gasteiger charge is -2.18. The van der Waals surface area contributed by atoms with Gasteiger partial charge >= 0.3 is 0 Å². The van der Waals surface area contributed by atoms with Gasteiger partial charge in [-0.2, -0.15) is 4.98 Å². The summed E-state index contributed by atoms with van der Waals surface area (Å²) in [6.07, 6.45) is 3.58. The van der Waals surface area contributed by atoms with E-state index in [0.29, 0.717) is 11.7 Å². The number of aromatic nitrogens is 3. The van der Waals surface area contributed by atoms with Gasteiger partial charge in [-0.25, -0.2) is 0 Å². The van der Waals surface area contributed by atoms with E-state index in [9.17, 15) is 4.79 Å². The molecule has 7 heteroatoms. The molecule has 0 radical (unpaired) electrons. The van der Waals surface area contributed by atoms with Crippen molar-refractivity contribution in [3.05, 3.63) is 59.7 Å². The lowest BCUT2D eigenvalue weighted by atomic mass is 10.0. The van der Waals surface area contributed by atoms with E-state index in [2.05, 4.69) is 20.4 Å². The monoisotopic (exact) mass is 380 g/mol. The van der Waals surface area contributed by atoms with Crippen molar-refractivity contribution in [2.45, 2.75) is 33.2 Å². The third-order valence-corrected chi connectivity index (χ3v) is 4.47. The van der Waals surface area contributed by atoms with Crippen LogP contribution in [0.3, 0.4) is 0 Å². The number of hydrogen-bond acceptors (Lipinski definition) is 6. The van der Waals surface area contributed by atoms with Crippen LogP contribution in [-0.2, 0) is 11.2 Å². The van der Waals surface area contributed by atoms with Crippen molar-refractivity contribution in [2.75, 3.05) is 7.11 Å². The molecule has 146 valence electrons. The fraction of sp³-hybridized carbons (Fsp3) is 0.333. The highest BCUT2D eigenvalue weighted by Crippen LogP contribution is 2.24. The molecule has 3 rings (SSSR count). The number of pyridine rings is 1. The molecular formula is C21H24N4O3. The molecule has 0 saturated heterocycles. The summed E-state index contributed by atoms with van der Waals surface area (Å²) in [5, 5.41) is 7.04. The third-order valence-electron chi connectivity index (χ3n) is 4.47. The maximum atomic E-state index is 12.6. The summed E-state index contributed by atoms with van der Waals surface area (Å²) >= 11 is 0. The van der Waals surface area contributed by atoms with Gasteiger partial charge in [0.25, 0.3) is 0 Å². The molecule has 0 spiro atoms. The van der Waals surface area contributed by atoms with Gasteiger partial charge in [0.05, 0.1) is 13.5 Å². The van der Waals surface area contributed by atoms with E-state index < -0.39 is 0 Å². The van der Waals surface area contributed by atoms with Crippen molar-refractivity contribution in [1.82, 2.24) is 20.4 Å². The highest BCUT2D eigenvalue weighted by atomic mass is 16.5. The lowest BCUT2D eigenvalue weighted by molar-refractivity contribution is -0.121. The zero-order valence-corrected chi connectivity index (χ0v) is 16.5. The second-order valence-corrected chi connectivity index (χ2v) is 6.96. The third kappa shape index (κ3) is 4.54. The Morgan fingerprint density at radius 1 is 1.21 bits per heavy atom. The minimum absolute atomic E-state index is 0.0854. The molecule has 1 amide bonds. The first-order chi connectivity index (χ1) is 13.5. The minimum Gasteiger partial charge on any atom is -0.496 e. The molecule has 1 N–H and O–H groups in total. The van der Waals surface area contributed by atoms with Crippen LogP contribution in [0.4, 0.5) is 0 Å². The van der Waals surface area contributed by atoms with Crippen LogP contribution in [0, 0.1) is 12.8 Å². The zero-order chi connectivity index (χ0) is 20.1. The van der Waals surface area contributed by atoms with Gasteiger partial charge in [0.1, 0.15) is 11.8 Å². The number of nitrogens with one attached hydrogen (secondary N) is 1. The number of nitrogens with zero attached hydrogens (tertiary/aromatic N) is 3. The van der Waals surface area contributed by atoms with Crippen molar-refractivity contribution in [3.63, 3.8) is 0 Å². The summed E-state index contributed by atoms with van der Waals surface area (Å²) in [7, 11) is 1.62. The van der Waals surface area contributed by atoms with Crippen molar-refractivity contribution >= 4 is 5.91 Å². The molecule has 0 aliphatic carbocycles. The number of rotatable bonds is 7. The fourth-order valence-corrected chi connectivity index (χ4v) is 2.88. The van der Waals surface area contributed by atoms with E-state index in [1.54, 1.807) is 19.5 Å². The predicted molar refractivity (Wildman–Crippen MR) is 105 cm³/mol. The maximum Gasteiger partial charge on any atom is 0.249 e. The van der Waals surface area contributed by atoms with Crippen LogP contribution in [-0.4, -0.2) is 28.1 Å². The van der Waals surface area contributed by atoms with Crippen LogP contribution in [0.5, 0.6) is 5.75 Å². The molecule has 1 atom stereocenters. The maximum absolute atomic E-state index is 12.6. The molecule has 0 saturated carbocycles. The van der Waals surface area contributed by atoms with Crippen LogP contribution in [0.1, 0.15) is 36.9 Å². The standard InChI is InChI=1S/C21H24N4O3/c1-13(2)19(21-24-20(25-28-21)16-7-9-22-10-8-16)23-18(26)12-15-6-5-14(3)17(11-15)27-4/h5-11,13,19H,12H2,1-4H3,(H,23,26). The van der Waals surface area contributed by atoms with Crippen LogP contribution >= 0.6 is 0 Å². The molecule has 1 aromatic carbocycles. The SMILES string of the molecule is COc1cc(CC(=O)NC(c2nc(-c3ccncc3)no2)C(C)C)ccc1C. The first-order valence-electron chi connectivity index (χ1n) is 9.14. The first-order valence-corrected chi connectivity index (χ1v) is 9.14. The molecular weight excluding hydrogens is 356 g/mol. The zero-order valence-electron chi connectivity index (χ0n) is 16.5. The Balaban J connectivity index is 1.73. The molecule has 28 heavy (non-hydrogen) atoms. The Morgan fingerprint density at radius 3 is 2.64 bits per heavy atom. The summed E-state index contributed by atoms with van der Waals surface area (Å²) < 4.78 is 10.8. The average molecular weight is 380 g/mol. The van der Waals surface area contributed by atoms with Crippen molar-refractivity contribution in [1.29, 1.82) is 0 Å². The second-order valence-electron chi connectivity index (χ2n) is 6.96. The summed E-state index contributed by atoms with van der Waals surface area (Å²) in [6, 6.07) is 9.00. The van der Waals surface area contributed by atoms with Crippen molar-refractivity contribution < 1.29 is 14.1 Å². The van der Waals surface area contributed by atoms with Gasteiger partial charge < -0.3 is 14.6 Å². The Bertz CT molecular complexity index is 938. The smallest absolute Gasteiger partial charge is 0.249 e. The molecule has 2 heterocycles. The van der Waals surface area contributed by atoms with Crippen molar-refractivity contribution in [3.8, 4) is 17.1 Å². The van der Waals surface area contributed by atoms with E-state index in [1.807, 2.05) is 51.1 Å². The quantitative estimate of drug-likeness (QED) is 0.675. The number of methoxy groups -OCH3 is 1. The number of amides is 1. The number of carbonyl (C=O) groups excluding carboxylic acids is 1. The van der Waals surface area contributed by atoms with E-state index in [0.717, 1.165) is 22.4 Å². The molecule has 2 aromatic heterocycles. The van der Waals surface area contributed by atoms with Crippen molar-refractivity contribution in [2.24, 2.45) is 5.92 Å². The Hall–Kier alpha value is -3.22. The summed E-state index contributed by atoms with van der Waals surface area (Å²) in [6.45, 7) is 5.96. The van der Waals surface area contributed by atoms with E-state index >= 15 is 0 Å². The van der Waals surface area contributed by atoms with Gasteiger partial charge in [-0.3, -0.25) is 9.78 Å². The van der Waals surface area contributed by atoms with Gasteiger partial charge in [-0.1, -0.05) is 31.1 Å². The van der Waals surface area contributed by atoms with Gasteiger partial charge in [0.2, 0.25) is 17.6 Å². The van der Waals surface area contributed by atoms with E-state index in [-0.39, 0.29) is 24.3 Å². The summed E-state index contributed by atoms with van der Waals surface area (Å²) in [5.74, 6) is 1.59. The van der Waals surface area contributed by atoms with E-state index in [4.69, 9.17) is 9.26 Å². The fourth-order valence-electron chi connectivity index (χ4n) is 2.88. The first kappa shape index (κ1) is 19.5. The van der Waals surface area contributed by atoms with Gasteiger partial charge in [0.15, 0.2) is 0 Å². The van der Waals surface area contributed by atoms with Crippen LogP contribution < -0.4 is 10.1 Å². The lowest BCUT2D eigenvalue weighted by Crippen LogP contribution is -2.33. The largest absolute Gasteiger partial charge is 0.496 e. The molecule has 0 aliphatic rings. The Labute approximate surface area is 164 Å². The van der Waals surface area contributed by atoms with Crippen LogP contribution in [0.2, 0.25) is 0 Å². The van der Waals surface area contributed by atoms with Gasteiger partial charge in [-0.05, 0) is 42.2 Å². The van der Waals surface area contributed by atoms with Crippen LogP contribution in [0.15, 0.2) is 47.2 Å². The molecule has 0 bridgehead atoms. The molecule has 3 aromatic rings. The van der Waals surface area contributed by atoms with E-state index in [1.165, 1.54) is 0 Å². The number of aryl methyl sites for hydroxylation is 1. The number of hydrogen-bond donors (Lipinski definition) is 1. The highest BCUT2D eigenvalue weighted by molar-refractivity contribution is 5.79.